The number of thiazole rings is 1. The van der Waals surface area contributed by atoms with Crippen molar-refractivity contribution in [1.82, 2.24) is 4.98 Å². The van der Waals surface area contributed by atoms with Crippen molar-refractivity contribution >= 4 is 39.2 Å². The van der Waals surface area contributed by atoms with Gasteiger partial charge in [0.05, 0.1) is 23.0 Å². The molecule has 0 N–H and O–H groups in total. The Kier molecular flexibility index (Phi) is 6.18. The lowest BCUT2D eigenvalue weighted by Gasteiger charge is -2.22. The summed E-state index contributed by atoms with van der Waals surface area (Å²) >= 11 is 1.59. The van der Waals surface area contributed by atoms with Gasteiger partial charge in [0, 0.05) is 5.56 Å². The molecule has 0 saturated heterocycles. The lowest BCUT2D eigenvalue weighted by Crippen LogP contribution is -2.37. The predicted molar refractivity (Wildman–Crippen MR) is 126 cm³/mol. The molecule has 4 rings (SSSR count). The second kappa shape index (κ2) is 9.20. The minimum atomic E-state index is -0.736. The molecule has 0 aliphatic rings. The number of rotatable bonds is 5. The number of hydrogen-bond acceptors (Lipinski definition) is 6. The molecule has 1 heterocycles. The molecule has 6 nitrogen and oxygen atoms in total. The van der Waals surface area contributed by atoms with Gasteiger partial charge in [0.2, 0.25) is 0 Å². The lowest BCUT2D eigenvalue weighted by molar-refractivity contribution is 0.0975. The molecule has 3 aromatic carbocycles. The summed E-state index contributed by atoms with van der Waals surface area (Å²) in [6, 6.07) is 20.3. The Morgan fingerprint density at radius 1 is 0.969 bits per heavy atom. The van der Waals surface area contributed by atoms with E-state index in [1.54, 1.807) is 41.7 Å². The summed E-state index contributed by atoms with van der Waals surface area (Å²) in [4.78, 5) is 31.4. The van der Waals surface area contributed by atoms with Crippen molar-refractivity contribution in [2.75, 3.05) is 12.0 Å². The first-order valence-corrected chi connectivity index (χ1v) is 10.9. The van der Waals surface area contributed by atoms with E-state index in [-0.39, 0.29) is 0 Å². The maximum Gasteiger partial charge on any atom is 0.421 e. The standard InChI is InChI=1S/C25H22N2O4S/c1-16-8-4-6-10-21(16)27(25(29)30-3)24(28)19-13-12-18(14-17(19)2)31-15-23-26-20-9-5-7-11-22(20)32-23/h4-14H,15H2,1-3H3. The van der Waals surface area contributed by atoms with Crippen LogP contribution in [0.15, 0.2) is 66.7 Å². The number of imide groups is 1. The summed E-state index contributed by atoms with van der Waals surface area (Å²) in [7, 11) is 1.26. The molecule has 4 aromatic rings. The maximum atomic E-state index is 13.3. The highest BCUT2D eigenvalue weighted by atomic mass is 32.1. The quantitative estimate of drug-likeness (QED) is 0.381. The number of anilines is 1. The molecule has 32 heavy (non-hydrogen) atoms. The number of aromatic nitrogens is 1. The predicted octanol–water partition coefficient (Wildman–Crippen LogP) is 5.91. The molecule has 2 amide bonds. The summed E-state index contributed by atoms with van der Waals surface area (Å²) < 4.78 is 11.9. The van der Waals surface area contributed by atoms with Gasteiger partial charge in [-0.1, -0.05) is 30.3 Å². The van der Waals surface area contributed by atoms with Gasteiger partial charge >= 0.3 is 6.09 Å². The highest BCUT2D eigenvalue weighted by Gasteiger charge is 2.28. The monoisotopic (exact) mass is 446 g/mol. The van der Waals surface area contributed by atoms with Gasteiger partial charge in [0.25, 0.3) is 5.91 Å². The van der Waals surface area contributed by atoms with E-state index >= 15 is 0 Å². The fourth-order valence-corrected chi connectivity index (χ4v) is 4.29. The molecule has 162 valence electrons. The minimum Gasteiger partial charge on any atom is -0.486 e. The molecule has 0 spiro atoms. The van der Waals surface area contributed by atoms with Crippen molar-refractivity contribution in [3.63, 3.8) is 0 Å². The third-order valence-electron chi connectivity index (χ3n) is 5.05. The number of fused-ring (bicyclic) bond motifs is 1. The van der Waals surface area contributed by atoms with Crippen LogP contribution in [0.4, 0.5) is 10.5 Å². The molecule has 0 fully saturated rings. The van der Waals surface area contributed by atoms with Gasteiger partial charge in [-0.25, -0.2) is 14.7 Å². The normalized spacial score (nSPS) is 10.7. The van der Waals surface area contributed by atoms with Crippen molar-refractivity contribution in [2.24, 2.45) is 0 Å². The van der Waals surface area contributed by atoms with E-state index in [0.717, 1.165) is 25.7 Å². The van der Waals surface area contributed by atoms with Crippen LogP contribution in [0.3, 0.4) is 0 Å². The Bertz CT molecular complexity index is 1270. The van der Waals surface area contributed by atoms with Crippen LogP contribution in [-0.4, -0.2) is 24.1 Å². The van der Waals surface area contributed by atoms with Crippen LogP contribution in [0.1, 0.15) is 26.5 Å². The third kappa shape index (κ3) is 4.33. The number of hydrogen-bond donors (Lipinski definition) is 0. The van der Waals surface area contributed by atoms with Crippen molar-refractivity contribution in [3.05, 3.63) is 88.4 Å². The molecule has 1 aromatic heterocycles. The van der Waals surface area contributed by atoms with E-state index in [1.165, 1.54) is 7.11 Å². The lowest BCUT2D eigenvalue weighted by atomic mass is 10.1. The maximum absolute atomic E-state index is 13.3. The Morgan fingerprint density at radius 2 is 1.72 bits per heavy atom. The molecule has 0 atom stereocenters. The summed E-state index contributed by atoms with van der Waals surface area (Å²) in [5, 5.41) is 0.875. The van der Waals surface area contributed by atoms with Crippen molar-refractivity contribution in [1.29, 1.82) is 0 Å². The number of para-hydroxylation sites is 2. The first kappa shape index (κ1) is 21.5. The molecule has 0 saturated carbocycles. The van der Waals surface area contributed by atoms with E-state index in [0.29, 0.717) is 29.2 Å². The second-order valence-electron chi connectivity index (χ2n) is 7.24. The van der Waals surface area contributed by atoms with E-state index in [1.807, 2.05) is 50.2 Å². The molecule has 7 heteroatoms. The molecular weight excluding hydrogens is 424 g/mol. The number of methoxy groups -OCH3 is 1. The zero-order chi connectivity index (χ0) is 22.7. The van der Waals surface area contributed by atoms with Crippen LogP contribution >= 0.6 is 11.3 Å². The van der Waals surface area contributed by atoms with Gasteiger partial charge in [-0.15, -0.1) is 11.3 Å². The minimum absolute atomic E-state index is 0.337. The highest BCUT2D eigenvalue weighted by molar-refractivity contribution is 7.18. The Morgan fingerprint density at radius 3 is 2.44 bits per heavy atom. The fourth-order valence-electron chi connectivity index (χ4n) is 3.41. The summed E-state index contributed by atoms with van der Waals surface area (Å²) in [5.74, 6) is 0.167. The van der Waals surface area contributed by atoms with Gasteiger partial charge in [-0.05, 0) is 61.4 Å². The van der Waals surface area contributed by atoms with Crippen molar-refractivity contribution in [3.8, 4) is 5.75 Å². The first-order chi connectivity index (χ1) is 15.5. The van der Waals surface area contributed by atoms with E-state index in [4.69, 9.17) is 9.47 Å². The number of carbonyl (C=O) groups is 2. The average Bonchev–Trinajstić information content (AvgIpc) is 3.22. The average molecular weight is 447 g/mol. The molecular formula is C25H22N2O4S. The van der Waals surface area contributed by atoms with E-state index in [9.17, 15) is 9.59 Å². The van der Waals surface area contributed by atoms with Gasteiger partial charge in [0.15, 0.2) is 0 Å². The number of aryl methyl sites for hydroxylation is 2. The molecule has 0 aliphatic heterocycles. The van der Waals surface area contributed by atoms with Crippen LogP contribution in [0.2, 0.25) is 0 Å². The van der Waals surface area contributed by atoms with Crippen LogP contribution in [0.5, 0.6) is 5.75 Å². The highest BCUT2D eigenvalue weighted by Crippen LogP contribution is 2.27. The zero-order valence-corrected chi connectivity index (χ0v) is 18.8. The number of carbonyl (C=O) groups excluding carboxylic acids is 2. The molecule has 0 unspecified atom stereocenters. The van der Waals surface area contributed by atoms with Crippen LogP contribution < -0.4 is 9.64 Å². The Hall–Kier alpha value is -3.71. The van der Waals surface area contributed by atoms with Gasteiger partial charge in [-0.3, -0.25) is 4.79 Å². The van der Waals surface area contributed by atoms with E-state index in [2.05, 4.69) is 4.98 Å². The summed E-state index contributed by atoms with van der Waals surface area (Å²) in [5.41, 5.74) is 3.32. The molecule has 0 aliphatic carbocycles. The van der Waals surface area contributed by atoms with Crippen LogP contribution in [0.25, 0.3) is 10.2 Å². The summed E-state index contributed by atoms with van der Waals surface area (Å²) in [6.45, 7) is 3.99. The zero-order valence-electron chi connectivity index (χ0n) is 18.0. The number of nitrogens with zero attached hydrogens (tertiary/aromatic N) is 2. The third-order valence-corrected chi connectivity index (χ3v) is 6.06. The molecule has 0 radical (unpaired) electrons. The largest absolute Gasteiger partial charge is 0.486 e. The fraction of sp³-hybridized carbons (Fsp3) is 0.160. The Labute approximate surface area is 190 Å². The van der Waals surface area contributed by atoms with Gasteiger partial charge in [0.1, 0.15) is 17.4 Å². The SMILES string of the molecule is COC(=O)N(C(=O)c1ccc(OCc2nc3ccccc3s2)cc1C)c1ccccc1C. The smallest absolute Gasteiger partial charge is 0.421 e. The number of benzene rings is 3. The van der Waals surface area contributed by atoms with Crippen molar-refractivity contribution < 1.29 is 19.1 Å². The van der Waals surface area contributed by atoms with Gasteiger partial charge in [-0.2, -0.15) is 0 Å². The van der Waals surface area contributed by atoms with Gasteiger partial charge < -0.3 is 9.47 Å². The van der Waals surface area contributed by atoms with Crippen LogP contribution in [-0.2, 0) is 11.3 Å². The Balaban J connectivity index is 1.55. The topological polar surface area (TPSA) is 68.7 Å². The van der Waals surface area contributed by atoms with Crippen molar-refractivity contribution in [2.45, 2.75) is 20.5 Å². The number of ether oxygens (including phenoxy) is 2. The first-order valence-electron chi connectivity index (χ1n) is 10.0. The second-order valence-corrected chi connectivity index (χ2v) is 8.35. The van der Waals surface area contributed by atoms with Crippen LogP contribution in [0, 0.1) is 13.8 Å². The summed E-state index contributed by atoms with van der Waals surface area (Å²) in [6.07, 6.45) is -0.736. The molecule has 0 bridgehead atoms. The number of amides is 2. The van der Waals surface area contributed by atoms with E-state index < -0.39 is 12.0 Å².